The second-order valence-electron chi connectivity index (χ2n) is 4.34. The van der Waals surface area contributed by atoms with Crippen molar-refractivity contribution in [1.29, 1.82) is 0 Å². The number of rotatable bonds is 1. The Bertz CT molecular complexity index is 885. The zero-order valence-electron chi connectivity index (χ0n) is 10.2. The molecule has 0 fully saturated rings. The van der Waals surface area contributed by atoms with Gasteiger partial charge >= 0.3 is 0 Å². The molecule has 0 saturated carbocycles. The molecule has 2 aromatic heterocycles. The summed E-state index contributed by atoms with van der Waals surface area (Å²) in [5.74, 6) is -1.04. The maximum atomic E-state index is 14.1. The molecule has 0 radical (unpaired) electrons. The van der Waals surface area contributed by atoms with Crippen LogP contribution in [0, 0.1) is 23.3 Å². The van der Waals surface area contributed by atoms with Gasteiger partial charge in [-0.1, -0.05) is 0 Å². The van der Waals surface area contributed by atoms with Gasteiger partial charge in [0.15, 0.2) is 10.4 Å². The fourth-order valence-corrected chi connectivity index (χ4v) is 2.63. The van der Waals surface area contributed by atoms with Crippen LogP contribution in [0.25, 0.3) is 16.9 Å². The van der Waals surface area contributed by atoms with E-state index >= 15 is 0 Å². The van der Waals surface area contributed by atoms with E-state index in [1.54, 1.807) is 12.3 Å². The predicted molar refractivity (Wildman–Crippen MR) is 78.6 cm³/mol. The highest BCUT2D eigenvalue weighted by Crippen LogP contribution is 2.24. The van der Waals surface area contributed by atoms with E-state index in [2.05, 4.69) is 25.9 Å². The number of nitrogens with zero attached hydrogens (tertiary/aromatic N) is 2. The molecule has 3 aromatic rings. The standard InChI is InChI=1S/C13H8BrF2N3S/c1-6-2-9(16)11(4-8(6)15)19-12-10(18-13(19)20)3-7(14)5-17-12/h2-5H,1H3,(H,18,20). The first-order valence-corrected chi connectivity index (χ1v) is 6.90. The Balaban J connectivity index is 2.38. The second-order valence-corrected chi connectivity index (χ2v) is 5.65. The van der Waals surface area contributed by atoms with Crippen molar-refractivity contribution in [3.8, 4) is 5.69 Å². The molecule has 0 amide bonds. The number of benzene rings is 1. The largest absolute Gasteiger partial charge is 0.329 e. The van der Waals surface area contributed by atoms with Gasteiger partial charge in [0.1, 0.15) is 11.6 Å². The molecular formula is C13H8BrF2N3S. The number of nitrogens with one attached hydrogen (secondary N) is 1. The number of aromatic amines is 1. The lowest BCUT2D eigenvalue weighted by molar-refractivity contribution is 0.586. The van der Waals surface area contributed by atoms with Crippen LogP contribution in [0.2, 0.25) is 0 Å². The van der Waals surface area contributed by atoms with Gasteiger partial charge < -0.3 is 4.98 Å². The first-order chi connectivity index (χ1) is 9.47. The van der Waals surface area contributed by atoms with Crippen LogP contribution in [0.5, 0.6) is 0 Å². The zero-order chi connectivity index (χ0) is 14.4. The zero-order valence-corrected chi connectivity index (χ0v) is 12.6. The van der Waals surface area contributed by atoms with Crippen LogP contribution in [-0.4, -0.2) is 14.5 Å². The fraction of sp³-hybridized carbons (Fsp3) is 0.0769. The molecule has 3 nitrogen and oxygen atoms in total. The average molecular weight is 356 g/mol. The van der Waals surface area contributed by atoms with Crippen molar-refractivity contribution in [2.75, 3.05) is 0 Å². The number of pyridine rings is 1. The van der Waals surface area contributed by atoms with Gasteiger partial charge in [0.2, 0.25) is 0 Å². The maximum Gasteiger partial charge on any atom is 0.184 e. The normalized spacial score (nSPS) is 11.2. The minimum atomic E-state index is -0.550. The van der Waals surface area contributed by atoms with Crippen LogP contribution < -0.4 is 0 Å². The molecule has 3 rings (SSSR count). The van der Waals surface area contributed by atoms with Gasteiger partial charge in [-0.2, -0.15) is 0 Å². The number of imidazole rings is 1. The molecule has 0 aliphatic heterocycles. The quantitative estimate of drug-likeness (QED) is 0.655. The van der Waals surface area contributed by atoms with E-state index in [0.717, 1.165) is 16.6 Å². The van der Waals surface area contributed by atoms with E-state index in [4.69, 9.17) is 12.2 Å². The summed E-state index contributed by atoms with van der Waals surface area (Å²) in [5, 5.41) is 0. The third kappa shape index (κ3) is 2.06. The van der Waals surface area contributed by atoms with Crippen LogP contribution in [0.15, 0.2) is 28.9 Å². The first kappa shape index (κ1) is 13.4. The third-order valence-corrected chi connectivity index (χ3v) is 3.68. The SMILES string of the molecule is Cc1cc(F)c(-n2c(=S)[nH]c3cc(Br)cnc32)cc1F. The number of H-pyrrole nitrogens is 1. The number of aryl methyl sites for hydroxylation is 1. The summed E-state index contributed by atoms with van der Waals surface area (Å²) in [7, 11) is 0. The van der Waals surface area contributed by atoms with Gasteiger partial charge in [-0.05, 0) is 52.8 Å². The molecule has 102 valence electrons. The third-order valence-electron chi connectivity index (χ3n) is 2.96. The van der Waals surface area contributed by atoms with Gasteiger partial charge in [-0.25, -0.2) is 13.8 Å². The summed E-state index contributed by atoms with van der Waals surface area (Å²) in [4.78, 5) is 7.12. The van der Waals surface area contributed by atoms with Crippen molar-refractivity contribution in [1.82, 2.24) is 14.5 Å². The molecule has 0 aliphatic rings. The van der Waals surface area contributed by atoms with Crippen molar-refractivity contribution < 1.29 is 8.78 Å². The lowest BCUT2D eigenvalue weighted by atomic mass is 10.2. The van der Waals surface area contributed by atoms with Crippen LogP contribution in [-0.2, 0) is 0 Å². The average Bonchev–Trinajstić information content (AvgIpc) is 2.69. The Morgan fingerprint density at radius 2 is 2.00 bits per heavy atom. The first-order valence-electron chi connectivity index (χ1n) is 5.69. The number of hydrogen-bond acceptors (Lipinski definition) is 2. The van der Waals surface area contributed by atoms with E-state index in [-0.39, 0.29) is 16.0 Å². The topological polar surface area (TPSA) is 33.6 Å². The van der Waals surface area contributed by atoms with Crippen molar-refractivity contribution in [3.05, 3.63) is 50.8 Å². The monoisotopic (exact) mass is 355 g/mol. The smallest absolute Gasteiger partial charge is 0.184 e. The molecule has 0 atom stereocenters. The van der Waals surface area contributed by atoms with Gasteiger partial charge in [-0.15, -0.1) is 0 Å². The van der Waals surface area contributed by atoms with Gasteiger partial charge in [0, 0.05) is 16.7 Å². The highest BCUT2D eigenvalue weighted by atomic mass is 79.9. The molecule has 0 aliphatic carbocycles. The van der Waals surface area contributed by atoms with Gasteiger partial charge in [0.05, 0.1) is 11.2 Å². The van der Waals surface area contributed by atoms with Crippen LogP contribution in [0.3, 0.4) is 0 Å². The lowest BCUT2D eigenvalue weighted by Gasteiger charge is -2.07. The van der Waals surface area contributed by atoms with Crippen LogP contribution in [0.4, 0.5) is 8.78 Å². The summed E-state index contributed by atoms with van der Waals surface area (Å²) in [6.07, 6.45) is 1.57. The van der Waals surface area contributed by atoms with Crippen LogP contribution >= 0.6 is 28.1 Å². The summed E-state index contributed by atoms with van der Waals surface area (Å²) in [6.45, 7) is 1.51. The van der Waals surface area contributed by atoms with E-state index in [0.29, 0.717) is 11.2 Å². The Morgan fingerprint density at radius 1 is 1.25 bits per heavy atom. The van der Waals surface area contributed by atoms with Gasteiger partial charge in [-0.3, -0.25) is 4.57 Å². The highest BCUT2D eigenvalue weighted by molar-refractivity contribution is 9.10. The maximum absolute atomic E-state index is 14.1. The lowest BCUT2D eigenvalue weighted by Crippen LogP contribution is -2.01. The van der Waals surface area contributed by atoms with Gasteiger partial charge in [0.25, 0.3) is 0 Å². The highest BCUT2D eigenvalue weighted by Gasteiger charge is 2.14. The van der Waals surface area contributed by atoms with E-state index in [1.807, 2.05) is 0 Å². The van der Waals surface area contributed by atoms with Crippen molar-refractivity contribution in [2.45, 2.75) is 6.92 Å². The Labute approximate surface area is 126 Å². The number of hydrogen-bond donors (Lipinski definition) is 1. The predicted octanol–water partition coefficient (Wildman–Crippen LogP) is 4.43. The molecule has 20 heavy (non-hydrogen) atoms. The second kappa shape index (κ2) is 4.75. The van der Waals surface area contributed by atoms with Crippen molar-refractivity contribution >= 4 is 39.3 Å². The summed E-state index contributed by atoms with van der Waals surface area (Å²) in [6, 6.07) is 4.04. The Kier molecular flexibility index (Phi) is 3.18. The number of fused-ring (bicyclic) bond motifs is 1. The minimum absolute atomic E-state index is 0.0409. The summed E-state index contributed by atoms with van der Waals surface area (Å²) >= 11 is 8.48. The van der Waals surface area contributed by atoms with E-state index in [9.17, 15) is 8.78 Å². The molecule has 1 N–H and O–H groups in total. The molecule has 1 aromatic carbocycles. The molecule has 2 heterocycles. The number of aromatic nitrogens is 3. The molecular weight excluding hydrogens is 348 g/mol. The summed E-state index contributed by atoms with van der Waals surface area (Å²) in [5.41, 5.74) is 1.37. The molecule has 0 unspecified atom stereocenters. The Morgan fingerprint density at radius 3 is 2.75 bits per heavy atom. The van der Waals surface area contributed by atoms with E-state index in [1.165, 1.54) is 11.5 Å². The molecule has 7 heteroatoms. The van der Waals surface area contributed by atoms with Crippen molar-refractivity contribution in [3.63, 3.8) is 0 Å². The summed E-state index contributed by atoms with van der Waals surface area (Å²) < 4.78 is 30.2. The Hall–Kier alpha value is -1.60. The molecule has 0 saturated heterocycles. The molecule has 0 spiro atoms. The van der Waals surface area contributed by atoms with Crippen molar-refractivity contribution in [2.24, 2.45) is 0 Å². The minimum Gasteiger partial charge on any atom is -0.329 e. The van der Waals surface area contributed by atoms with E-state index < -0.39 is 11.6 Å². The fourth-order valence-electron chi connectivity index (χ4n) is 2.00. The van der Waals surface area contributed by atoms with Crippen LogP contribution in [0.1, 0.15) is 5.56 Å². The number of halogens is 3. The molecule has 0 bridgehead atoms.